The summed E-state index contributed by atoms with van der Waals surface area (Å²) in [7, 11) is 0. The highest BCUT2D eigenvalue weighted by Gasteiger charge is 2.14. The lowest BCUT2D eigenvalue weighted by molar-refractivity contribution is -0.118. The maximum atomic E-state index is 11.9. The molecule has 3 rings (SSSR count). The van der Waals surface area contributed by atoms with E-state index >= 15 is 0 Å². The van der Waals surface area contributed by atoms with E-state index in [1.165, 1.54) is 5.56 Å². The van der Waals surface area contributed by atoms with Crippen molar-refractivity contribution < 1.29 is 14.3 Å². The van der Waals surface area contributed by atoms with Crippen molar-refractivity contribution in [2.24, 2.45) is 0 Å². The average Bonchev–Trinajstić information content (AvgIpc) is 3.16. The monoisotopic (exact) mass is 354 g/mol. The van der Waals surface area contributed by atoms with Crippen LogP contribution in [0.4, 0.5) is 5.69 Å². The number of rotatable bonds is 8. The van der Waals surface area contributed by atoms with E-state index in [0.717, 1.165) is 43.8 Å². The van der Waals surface area contributed by atoms with Gasteiger partial charge in [0, 0.05) is 25.4 Å². The lowest BCUT2D eigenvalue weighted by Crippen LogP contribution is -2.25. The van der Waals surface area contributed by atoms with Gasteiger partial charge in [-0.2, -0.15) is 0 Å². The number of hydrogen-bond donors (Lipinski definition) is 2. The van der Waals surface area contributed by atoms with E-state index in [9.17, 15) is 4.79 Å². The van der Waals surface area contributed by atoms with Crippen molar-refractivity contribution in [1.29, 1.82) is 0 Å². The molecule has 1 amide bonds. The van der Waals surface area contributed by atoms with Crippen LogP contribution in [-0.2, 0) is 16.1 Å². The van der Waals surface area contributed by atoms with E-state index in [2.05, 4.69) is 10.6 Å². The SMILES string of the molecule is Cc1ccc(NC(=O)COc2ccc(CNCC3CCCO3)cc2)cc1. The van der Waals surface area contributed by atoms with Crippen molar-refractivity contribution in [2.75, 3.05) is 25.1 Å². The Labute approximate surface area is 154 Å². The number of nitrogens with one attached hydrogen (secondary N) is 2. The molecule has 1 saturated heterocycles. The van der Waals surface area contributed by atoms with Gasteiger partial charge < -0.3 is 20.1 Å². The highest BCUT2D eigenvalue weighted by molar-refractivity contribution is 5.91. The standard InChI is InChI=1S/C21H26N2O3/c1-16-4-8-18(9-5-16)23-21(24)15-26-19-10-6-17(7-11-19)13-22-14-20-3-2-12-25-20/h4-11,20,22H,2-3,12-15H2,1H3,(H,23,24). The zero-order valence-corrected chi connectivity index (χ0v) is 15.2. The largest absolute Gasteiger partial charge is 0.484 e. The first-order valence-corrected chi connectivity index (χ1v) is 9.09. The Bertz CT molecular complexity index is 692. The first kappa shape index (κ1) is 18.4. The third-order valence-electron chi connectivity index (χ3n) is 4.35. The van der Waals surface area contributed by atoms with Gasteiger partial charge in [-0.05, 0) is 49.6 Å². The van der Waals surface area contributed by atoms with Crippen molar-refractivity contribution in [2.45, 2.75) is 32.4 Å². The number of carbonyl (C=O) groups excluding carboxylic acids is 1. The summed E-state index contributed by atoms with van der Waals surface area (Å²) in [6.45, 7) is 4.57. The van der Waals surface area contributed by atoms with Crippen LogP contribution in [0.15, 0.2) is 48.5 Å². The van der Waals surface area contributed by atoms with Gasteiger partial charge in [0.1, 0.15) is 5.75 Å². The fourth-order valence-corrected chi connectivity index (χ4v) is 2.87. The molecule has 1 aliphatic rings. The maximum absolute atomic E-state index is 11.9. The summed E-state index contributed by atoms with van der Waals surface area (Å²) in [4.78, 5) is 11.9. The van der Waals surface area contributed by atoms with Gasteiger partial charge in [0.2, 0.25) is 0 Å². The maximum Gasteiger partial charge on any atom is 0.262 e. The van der Waals surface area contributed by atoms with Gasteiger partial charge in [-0.1, -0.05) is 29.8 Å². The second-order valence-electron chi connectivity index (χ2n) is 6.61. The Morgan fingerprint density at radius 2 is 1.92 bits per heavy atom. The number of ether oxygens (including phenoxy) is 2. The molecule has 0 aromatic heterocycles. The minimum absolute atomic E-state index is 0.00943. The summed E-state index contributed by atoms with van der Waals surface area (Å²) in [5.74, 6) is 0.517. The predicted molar refractivity (Wildman–Crippen MR) is 102 cm³/mol. The van der Waals surface area contributed by atoms with Crippen LogP contribution >= 0.6 is 0 Å². The van der Waals surface area contributed by atoms with Crippen LogP contribution < -0.4 is 15.4 Å². The minimum atomic E-state index is -0.170. The van der Waals surface area contributed by atoms with Gasteiger partial charge in [-0.15, -0.1) is 0 Å². The number of anilines is 1. The summed E-state index contributed by atoms with van der Waals surface area (Å²) < 4.78 is 11.1. The van der Waals surface area contributed by atoms with E-state index in [0.29, 0.717) is 11.9 Å². The van der Waals surface area contributed by atoms with Gasteiger partial charge in [-0.25, -0.2) is 0 Å². The normalized spacial score (nSPS) is 16.4. The van der Waals surface area contributed by atoms with Crippen molar-refractivity contribution in [3.05, 3.63) is 59.7 Å². The highest BCUT2D eigenvalue weighted by Crippen LogP contribution is 2.14. The van der Waals surface area contributed by atoms with Crippen molar-refractivity contribution in [3.63, 3.8) is 0 Å². The second kappa shape index (κ2) is 9.36. The second-order valence-corrected chi connectivity index (χ2v) is 6.61. The van der Waals surface area contributed by atoms with Gasteiger partial charge in [0.05, 0.1) is 6.10 Å². The van der Waals surface area contributed by atoms with Crippen LogP contribution in [0.3, 0.4) is 0 Å². The topological polar surface area (TPSA) is 59.6 Å². The zero-order chi connectivity index (χ0) is 18.2. The third-order valence-corrected chi connectivity index (χ3v) is 4.35. The number of amides is 1. The van der Waals surface area contributed by atoms with Crippen molar-refractivity contribution in [1.82, 2.24) is 5.32 Å². The molecule has 1 aliphatic heterocycles. The lowest BCUT2D eigenvalue weighted by Gasteiger charge is -2.11. The molecule has 0 saturated carbocycles. The van der Waals surface area contributed by atoms with Crippen molar-refractivity contribution >= 4 is 11.6 Å². The summed E-state index contributed by atoms with van der Waals surface area (Å²) in [6.07, 6.45) is 2.66. The van der Waals surface area contributed by atoms with E-state index in [-0.39, 0.29) is 12.5 Å². The molecule has 5 nitrogen and oxygen atoms in total. The summed E-state index contributed by atoms with van der Waals surface area (Å²) in [5, 5.41) is 6.23. The average molecular weight is 354 g/mol. The number of hydrogen-bond acceptors (Lipinski definition) is 4. The first-order valence-electron chi connectivity index (χ1n) is 9.09. The Kier molecular flexibility index (Phi) is 6.63. The molecule has 2 N–H and O–H groups in total. The van der Waals surface area contributed by atoms with Crippen LogP contribution in [0.5, 0.6) is 5.75 Å². The molecular formula is C21H26N2O3. The number of carbonyl (C=O) groups is 1. The lowest BCUT2D eigenvalue weighted by atomic mass is 10.2. The van der Waals surface area contributed by atoms with E-state index in [1.807, 2.05) is 55.5 Å². The molecule has 5 heteroatoms. The quantitative estimate of drug-likeness (QED) is 0.764. The highest BCUT2D eigenvalue weighted by atomic mass is 16.5. The van der Waals surface area contributed by atoms with Gasteiger partial charge in [-0.3, -0.25) is 4.79 Å². The molecule has 26 heavy (non-hydrogen) atoms. The molecule has 2 aromatic rings. The van der Waals surface area contributed by atoms with Crippen molar-refractivity contribution in [3.8, 4) is 5.75 Å². The molecule has 0 radical (unpaired) electrons. The minimum Gasteiger partial charge on any atom is -0.484 e. The Morgan fingerprint density at radius 3 is 2.62 bits per heavy atom. The van der Waals surface area contributed by atoms with Crippen LogP contribution in [0, 0.1) is 6.92 Å². The third kappa shape index (κ3) is 5.86. The molecular weight excluding hydrogens is 328 g/mol. The Hall–Kier alpha value is -2.37. The van der Waals surface area contributed by atoms with Gasteiger partial charge in [0.25, 0.3) is 5.91 Å². The van der Waals surface area contributed by atoms with Crippen LogP contribution in [0.25, 0.3) is 0 Å². The number of aryl methyl sites for hydroxylation is 1. The number of benzene rings is 2. The summed E-state index contributed by atoms with van der Waals surface area (Å²) in [5.41, 5.74) is 3.11. The fraction of sp³-hybridized carbons (Fsp3) is 0.381. The molecule has 1 heterocycles. The molecule has 1 unspecified atom stereocenters. The molecule has 138 valence electrons. The molecule has 0 bridgehead atoms. The molecule has 0 spiro atoms. The molecule has 1 atom stereocenters. The Balaban J connectivity index is 1.37. The van der Waals surface area contributed by atoms with E-state index in [4.69, 9.17) is 9.47 Å². The van der Waals surface area contributed by atoms with Crippen LogP contribution in [0.2, 0.25) is 0 Å². The fourth-order valence-electron chi connectivity index (χ4n) is 2.87. The zero-order valence-electron chi connectivity index (χ0n) is 15.2. The molecule has 0 aliphatic carbocycles. The predicted octanol–water partition coefficient (Wildman–Crippen LogP) is 3.28. The smallest absolute Gasteiger partial charge is 0.262 e. The van der Waals surface area contributed by atoms with E-state index in [1.54, 1.807) is 0 Å². The summed E-state index contributed by atoms with van der Waals surface area (Å²) in [6, 6.07) is 15.5. The molecule has 2 aromatic carbocycles. The van der Waals surface area contributed by atoms with Gasteiger partial charge >= 0.3 is 0 Å². The Morgan fingerprint density at radius 1 is 1.15 bits per heavy atom. The summed E-state index contributed by atoms with van der Waals surface area (Å²) >= 11 is 0. The van der Waals surface area contributed by atoms with Gasteiger partial charge in [0.15, 0.2) is 6.61 Å². The van der Waals surface area contributed by atoms with Crippen LogP contribution in [0.1, 0.15) is 24.0 Å². The van der Waals surface area contributed by atoms with Crippen LogP contribution in [-0.4, -0.2) is 31.8 Å². The first-order chi connectivity index (χ1) is 12.7. The molecule has 1 fully saturated rings. The van der Waals surface area contributed by atoms with E-state index < -0.39 is 0 Å².